The molecular weight excluding hydrogens is 172 g/mol. The first-order valence-electron chi connectivity index (χ1n) is 4.66. The molecule has 1 heteroatoms. The van der Waals surface area contributed by atoms with Gasteiger partial charge in [0, 0.05) is 5.92 Å². The van der Waals surface area contributed by atoms with Crippen molar-refractivity contribution in [3.05, 3.63) is 60.8 Å². The van der Waals surface area contributed by atoms with E-state index in [4.69, 9.17) is 0 Å². The van der Waals surface area contributed by atoms with Crippen molar-refractivity contribution in [3.8, 4) is 0 Å². The molecule has 0 spiro atoms. The van der Waals surface area contributed by atoms with Crippen LogP contribution in [0.4, 0.5) is 0 Å². The lowest BCUT2D eigenvalue weighted by molar-refractivity contribution is -0.109. The molecule has 1 aliphatic rings. The lowest BCUT2D eigenvalue weighted by Gasteiger charge is -2.06. The molecule has 0 aromatic heterocycles. The number of aldehydes is 1. The van der Waals surface area contributed by atoms with E-state index >= 15 is 0 Å². The fourth-order valence-electron chi connectivity index (χ4n) is 1.19. The number of rotatable bonds is 4. The summed E-state index contributed by atoms with van der Waals surface area (Å²) in [6, 6.07) is 0. The van der Waals surface area contributed by atoms with Gasteiger partial charge in [0.15, 0.2) is 0 Å². The van der Waals surface area contributed by atoms with E-state index < -0.39 is 0 Å². The zero-order valence-corrected chi connectivity index (χ0v) is 8.10. The summed E-state index contributed by atoms with van der Waals surface area (Å²) >= 11 is 0. The molecule has 0 N–H and O–H groups in total. The van der Waals surface area contributed by atoms with Gasteiger partial charge in [-0.1, -0.05) is 55.2 Å². The molecule has 0 saturated heterocycles. The van der Waals surface area contributed by atoms with Crippen LogP contribution in [-0.4, -0.2) is 6.29 Å². The Kier molecular flexibility index (Phi) is 4.42. The molecule has 72 valence electrons. The SMILES string of the molecule is C=C/C=C\C=C\C1=CCC(C=O)C=C1. The first kappa shape index (κ1) is 10.5. The Morgan fingerprint density at radius 1 is 1.36 bits per heavy atom. The third-order valence-corrected chi connectivity index (χ3v) is 1.98. The molecule has 1 unspecified atom stereocenters. The fraction of sp³-hybridized carbons (Fsp3) is 0.154. The highest BCUT2D eigenvalue weighted by Crippen LogP contribution is 2.15. The van der Waals surface area contributed by atoms with Crippen LogP contribution in [-0.2, 0) is 4.79 Å². The fourth-order valence-corrected chi connectivity index (χ4v) is 1.19. The van der Waals surface area contributed by atoms with Gasteiger partial charge in [0.05, 0.1) is 0 Å². The largest absolute Gasteiger partial charge is 0.303 e. The number of hydrogen-bond acceptors (Lipinski definition) is 1. The average Bonchev–Trinajstić information content (AvgIpc) is 2.25. The second kappa shape index (κ2) is 5.92. The topological polar surface area (TPSA) is 17.1 Å². The predicted molar refractivity (Wildman–Crippen MR) is 59.9 cm³/mol. The molecule has 0 saturated carbocycles. The van der Waals surface area contributed by atoms with E-state index in [-0.39, 0.29) is 5.92 Å². The van der Waals surface area contributed by atoms with Gasteiger partial charge in [0.2, 0.25) is 0 Å². The summed E-state index contributed by atoms with van der Waals surface area (Å²) in [5.74, 6) is 0.0656. The third-order valence-electron chi connectivity index (χ3n) is 1.98. The molecule has 0 bridgehead atoms. The minimum atomic E-state index is 0.0656. The molecule has 14 heavy (non-hydrogen) atoms. The molecule has 0 fully saturated rings. The van der Waals surface area contributed by atoms with Gasteiger partial charge in [-0.2, -0.15) is 0 Å². The summed E-state index contributed by atoms with van der Waals surface area (Å²) in [5, 5.41) is 0. The summed E-state index contributed by atoms with van der Waals surface area (Å²) < 4.78 is 0. The van der Waals surface area contributed by atoms with Crippen LogP contribution in [0.15, 0.2) is 60.8 Å². The van der Waals surface area contributed by atoms with Gasteiger partial charge < -0.3 is 4.79 Å². The van der Waals surface area contributed by atoms with Crippen molar-refractivity contribution < 1.29 is 4.79 Å². The second-order valence-corrected chi connectivity index (χ2v) is 3.08. The Labute approximate surface area is 84.8 Å². The first-order valence-corrected chi connectivity index (χ1v) is 4.66. The quantitative estimate of drug-likeness (QED) is 0.487. The van der Waals surface area contributed by atoms with Crippen LogP contribution < -0.4 is 0 Å². The van der Waals surface area contributed by atoms with Crippen molar-refractivity contribution >= 4 is 6.29 Å². The van der Waals surface area contributed by atoms with Gasteiger partial charge in [-0.05, 0) is 12.0 Å². The minimum Gasteiger partial charge on any atom is -0.303 e. The molecule has 0 aromatic carbocycles. The van der Waals surface area contributed by atoms with E-state index in [1.807, 2.05) is 36.5 Å². The van der Waals surface area contributed by atoms with Crippen molar-refractivity contribution in [2.45, 2.75) is 6.42 Å². The van der Waals surface area contributed by atoms with Crippen molar-refractivity contribution in [3.63, 3.8) is 0 Å². The molecule has 0 heterocycles. The van der Waals surface area contributed by atoms with Crippen molar-refractivity contribution in [1.82, 2.24) is 0 Å². The Hall–Kier alpha value is -1.63. The molecule has 1 atom stereocenters. The molecule has 0 aromatic rings. The van der Waals surface area contributed by atoms with Gasteiger partial charge in [-0.25, -0.2) is 0 Å². The van der Waals surface area contributed by atoms with Crippen LogP contribution in [0.3, 0.4) is 0 Å². The normalized spacial score (nSPS) is 21.4. The van der Waals surface area contributed by atoms with Crippen LogP contribution in [0.5, 0.6) is 0 Å². The van der Waals surface area contributed by atoms with Gasteiger partial charge >= 0.3 is 0 Å². The molecule has 1 nitrogen and oxygen atoms in total. The highest BCUT2D eigenvalue weighted by molar-refractivity contribution is 5.59. The van der Waals surface area contributed by atoms with Crippen LogP contribution >= 0.6 is 0 Å². The second-order valence-electron chi connectivity index (χ2n) is 3.08. The van der Waals surface area contributed by atoms with E-state index in [9.17, 15) is 4.79 Å². The maximum atomic E-state index is 10.4. The van der Waals surface area contributed by atoms with Crippen molar-refractivity contribution in [1.29, 1.82) is 0 Å². The number of hydrogen-bond donors (Lipinski definition) is 0. The number of carbonyl (C=O) groups excluding carboxylic acids is 1. The molecule has 0 aliphatic heterocycles. The van der Waals surface area contributed by atoms with Crippen molar-refractivity contribution in [2.75, 3.05) is 0 Å². The van der Waals surface area contributed by atoms with Crippen LogP contribution in [0.2, 0.25) is 0 Å². The van der Waals surface area contributed by atoms with E-state index in [1.54, 1.807) is 6.08 Å². The molecule has 0 amide bonds. The Morgan fingerprint density at radius 3 is 2.79 bits per heavy atom. The number of carbonyl (C=O) groups is 1. The Bertz CT molecular complexity index is 316. The molecule has 0 radical (unpaired) electrons. The van der Waals surface area contributed by atoms with Crippen LogP contribution in [0, 0.1) is 5.92 Å². The third kappa shape index (κ3) is 3.40. The van der Waals surface area contributed by atoms with E-state index in [0.29, 0.717) is 0 Å². The Balaban J connectivity index is 2.49. The van der Waals surface area contributed by atoms with Crippen molar-refractivity contribution in [2.24, 2.45) is 5.92 Å². The van der Waals surface area contributed by atoms with Gasteiger partial charge in [0.1, 0.15) is 6.29 Å². The summed E-state index contributed by atoms with van der Waals surface area (Å²) in [6.07, 6.45) is 17.3. The first-order chi connectivity index (χ1) is 6.86. The molecule has 1 rings (SSSR count). The summed E-state index contributed by atoms with van der Waals surface area (Å²) in [6.45, 7) is 3.58. The van der Waals surface area contributed by atoms with Gasteiger partial charge in [-0.3, -0.25) is 0 Å². The summed E-state index contributed by atoms with van der Waals surface area (Å²) in [4.78, 5) is 10.4. The van der Waals surface area contributed by atoms with E-state index in [2.05, 4.69) is 12.7 Å². The lowest BCUT2D eigenvalue weighted by atomic mass is 9.98. The van der Waals surface area contributed by atoms with Crippen LogP contribution in [0.25, 0.3) is 0 Å². The summed E-state index contributed by atoms with van der Waals surface area (Å²) in [5.41, 5.74) is 1.15. The highest BCUT2D eigenvalue weighted by Gasteiger charge is 2.04. The Morgan fingerprint density at radius 2 is 2.21 bits per heavy atom. The lowest BCUT2D eigenvalue weighted by Crippen LogP contribution is -1.99. The van der Waals surface area contributed by atoms with Gasteiger partial charge in [0.25, 0.3) is 0 Å². The standard InChI is InChI=1S/C13H14O/c1-2-3-4-5-6-12-7-9-13(11-14)10-8-12/h2-9,11,13H,1,10H2/b4-3-,6-5+. The van der Waals surface area contributed by atoms with Gasteiger partial charge in [-0.15, -0.1) is 0 Å². The zero-order chi connectivity index (χ0) is 10.2. The zero-order valence-electron chi connectivity index (χ0n) is 8.10. The van der Waals surface area contributed by atoms with Crippen LogP contribution in [0.1, 0.15) is 6.42 Å². The molecular formula is C13H14O. The summed E-state index contributed by atoms with van der Waals surface area (Å²) in [7, 11) is 0. The maximum absolute atomic E-state index is 10.4. The smallest absolute Gasteiger partial charge is 0.127 e. The molecule has 1 aliphatic carbocycles. The van der Waals surface area contributed by atoms with E-state index in [1.165, 1.54) is 0 Å². The number of allylic oxidation sites excluding steroid dienone is 9. The monoisotopic (exact) mass is 186 g/mol. The highest BCUT2D eigenvalue weighted by atomic mass is 16.1. The maximum Gasteiger partial charge on any atom is 0.127 e. The average molecular weight is 186 g/mol. The van der Waals surface area contributed by atoms with E-state index in [0.717, 1.165) is 18.3 Å². The predicted octanol–water partition coefficient (Wildman–Crippen LogP) is 2.99. The minimum absolute atomic E-state index is 0.0656.